The van der Waals surface area contributed by atoms with E-state index in [-0.39, 0.29) is 23.7 Å². The van der Waals surface area contributed by atoms with Crippen molar-refractivity contribution < 1.29 is 19.4 Å². The van der Waals surface area contributed by atoms with Crippen molar-refractivity contribution in [2.24, 2.45) is 5.92 Å². The number of H-pyrrole nitrogens is 1. The molecule has 8 nitrogen and oxygen atoms in total. The van der Waals surface area contributed by atoms with E-state index in [9.17, 15) is 14.7 Å². The lowest BCUT2D eigenvalue weighted by Crippen LogP contribution is -2.48. The Morgan fingerprint density at radius 1 is 1.12 bits per heavy atom. The molecule has 1 atom stereocenters. The number of phenols is 1. The summed E-state index contributed by atoms with van der Waals surface area (Å²) in [6.07, 6.45) is 7.41. The maximum atomic E-state index is 13.2. The first-order valence-corrected chi connectivity index (χ1v) is 11.6. The molecule has 2 saturated carbocycles. The first-order valence-electron chi connectivity index (χ1n) is 11.6. The lowest BCUT2D eigenvalue weighted by molar-refractivity contribution is -0.119. The minimum atomic E-state index is -0.667. The van der Waals surface area contributed by atoms with Crippen LogP contribution in [0.15, 0.2) is 18.2 Å². The van der Waals surface area contributed by atoms with Crippen molar-refractivity contribution in [3.05, 3.63) is 29.6 Å². The van der Waals surface area contributed by atoms with Gasteiger partial charge in [-0.2, -0.15) is 5.10 Å². The molecule has 1 aromatic carbocycles. The fourth-order valence-electron chi connectivity index (χ4n) is 4.53. The van der Waals surface area contributed by atoms with Crippen molar-refractivity contribution in [1.82, 2.24) is 15.5 Å². The molecular weight excluding hydrogens is 408 g/mol. The van der Waals surface area contributed by atoms with Crippen molar-refractivity contribution >= 4 is 17.7 Å². The summed E-state index contributed by atoms with van der Waals surface area (Å²) >= 11 is 0. The van der Waals surface area contributed by atoms with E-state index in [0.717, 1.165) is 68.3 Å². The molecule has 1 heterocycles. The Kier molecular flexibility index (Phi) is 6.67. The number of nitrogens with one attached hydrogen (secondary N) is 3. The molecule has 0 spiro atoms. The molecule has 32 heavy (non-hydrogen) atoms. The number of ether oxygens (including phenoxy) is 1. The zero-order chi connectivity index (χ0) is 22.7. The largest absolute Gasteiger partial charge is 0.507 e. The summed E-state index contributed by atoms with van der Waals surface area (Å²) in [5, 5.41) is 23.4. The predicted octanol–water partition coefficient (Wildman–Crippen LogP) is 4.57. The molecule has 0 radical (unpaired) electrons. The Morgan fingerprint density at radius 2 is 1.84 bits per heavy atom. The van der Waals surface area contributed by atoms with Crippen molar-refractivity contribution in [3.8, 4) is 16.9 Å². The minimum Gasteiger partial charge on any atom is -0.507 e. The van der Waals surface area contributed by atoms with Gasteiger partial charge in [0.05, 0.1) is 5.69 Å². The molecule has 1 unspecified atom stereocenters. The summed E-state index contributed by atoms with van der Waals surface area (Å²) in [6.45, 7) is 3.77. The van der Waals surface area contributed by atoms with Crippen LogP contribution in [0.4, 0.5) is 10.5 Å². The van der Waals surface area contributed by atoms with E-state index in [0.29, 0.717) is 11.3 Å². The predicted molar refractivity (Wildman–Crippen MR) is 121 cm³/mol. The molecule has 2 fully saturated rings. The zero-order valence-corrected chi connectivity index (χ0v) is 18.7. The van der Waals surface area contributed by atoms with Gasteiger partial charge in [0.15, 0.2) is 0 Å². The van der Waals surface area contributed by atoms with Crippen molar-refractivity contribution in [1.29, 1.82) is 0 Å². The van der Waals surface area contributed by atoms with E-state index in [4.69, 9.17) is 4.74 Å². The van der Waals surface area contributed by atoms with Gasteiger partial charge < -0.3 is 20.5 Å². The van der Waals surface area contributed by atoms with Crippen molar-refractivity contribution in [2.45, 2.75) is 77.4 Å². The third-order valence-corrected chi connectivity index (χ3v) is 6.39. The number of hydrogen-bond acceptors (Lipinski definition) is 5. The maximum absolute atomic E-state index is 13.2. The first-order chi connectivity index (χ1) is 15.4. The fourth-order valence-corrected chi connectivity index (χ4v) is 4.53. The minimum absolute atomic E-state index is 0.0211. The van der Waals surface area contributed by atoms with Crippen LogP contribution in [0.25, 0.3) is 11.1 Å². The van der Waals surface area contributed by atoms with E-state index < -0.39 is 12.1 Å². The van der Waals surface area contributed by atoms with E-state index in [1.807, 2.05) is 13.8 Å². The van der Waals surface area contributed by atoms with Gasteiger partial charge in [0, 0.05) is 28.6 Å². The standard InChI is InChI=1S/C24H32N4O4/c1-14-21(15(2)28-27-14)19-12-9-17(13-20(19)29)25-23(30)22(16-7-5-3-4-6-8-16)26-24(31)32-18-10-11-18/h9,12-13,16,18,22,29H,3-8,10-11H2,1-2H3,(H,25,30)(H,26,31)(H,27,28). The molecule has 4 rings (SSSR count). The topological polar surface area (TPSA) is 116 Å². The summed E-state index contributed by atoms with van der Waals surface area (Å²) in [6, 6.07) is 4.39. The van der Waals surface area contributed by atoms with Crippen LogP contribution < -0.4 is 10.6 Å². The molecule has 2 aliphatic carbocycles. The highest BCUT2D eigenvalue weighted by Crippen LogP contribution is 2.35. The molecule has 2 amide bonds. The lowest BCUT2D eigenvalue weighted by Gasteiger charge is -2.26. The Balaban J connectivity index is 1.50. The van der Waals surface area contributed by atoms with E-state index in [2.05, 4.69) is 20.8 Å². The summed E-state index contributed by atoms with van der Waals surface area (Å²) in [5.41, 5.74) is 3.63. The monoisotopic (exact) mass is 440 g/mol. The van der Waals surface area contributed by atoms with E-state index in [1.165, 1.54) is 6.07 Å². The van der Waals surface area contributed by atoms with Crippen LogP contribution in [0, 0.1) is 19.8 Å². The summed E-state index contributed by atoms with van der Waals surface area (Å²) in [5.74, 6) is -0.164. The Labute approximate surface area is 188 Å². The third-order valence-electron chi connectivity index (χ3n) is 6.39. The van der Waals surface area contributed by atoms with Crippen LogP contribution in [0.2, 0.25) is 0 Å². The van der Waals surface area contributed by atoms with E-state index >= 15 is 0 Å². The number of amides is 2. The number of aryl methyl sites for hydroxylation is 2. The van der Waals surface area contributed by atoms with Gasteiger partial charge in [-0.3, -0.25) is 9.89 Å². The number of rotatable bonds is 6. The summed E-state index contributed by atoms with van der Waals surface area (Å²) < 4.78 is 5.33. The van der Waals surface area contributed by atoms with Crippen molar-refractivity contribution in [2.75, 3.05) is 5.32 Å². The molecule has 0 bridgehead atoms. The molecule has 2 aliphatic rings. The first kappa shape index (κ1) is 22.2. The van der Waals surface area contributed by atoms with Gasteiger partial charge in [0.2, 0.25) is 5.91 Å². The number of benzene rings is 1. The molecule has 0 saturated heterocycles. The SMILES string of the molecule is Cc1n[nH]c(C)c1-c1ccc(NC(=O)C(NC(=O)OC2CC2)C2CCCCCC2)cc1O. The number of carbonyl (C=O) groups excluding carboxylic acids is 2. The Bertz CT molecular complexity index is 955. The lowest BCUT2D eigenvalue weighted by atomic mass is 9.91. The molecule has 4 N–H and O–H groups in total. The van der Waals surface area contributed by atoms with Gasteiger partial charge in [-0.1, -0.05) is 25.7 Å². The quantitative estimate of drug-likeness (QED) is 0.491. The zero-order valence-electron chi connectivity index (χ0n) is 18.7. The average molecular weight is 441 g/mol. The summed E-state index contributed by atoms with van der Waals surface area (Å²) in [7, 11) is 0. The highest BCUT2D eigenvalue weighted by atomic mass is 16.6. The van der Waals surface area contributed by atoms with Crippen LogP contribution in [0.3, 0.4) is 0 Å². The van der Waals surface area contributed by atoms with Crippen LogP contribution in [0.1, 0.15) is 62.8 Å². The normalized spacial score (nSPS) is 17.9. The van der Waals surface area contributed by atoms with Gasteiger partial charge in [0.1, 0.15) is 17.9 Å². The smallest absolute Gasteiger partial charge is 0.408 e. The average Bonchev–Trinajstić information content (AvgIpc) is 3.54. The van der Waals surface area contributed by atoms with Gasteiger partial charge in [-0.05, 0) is 57.6 Å². The van der Waals surface area contributed by atoms with Gasteiger partial charge in [0.25, 0.3) is 0 Å². The second-order valence-corrected chi connectivity index (χ2v) is 9.01. The second-order valence-electron chi connectivity index (χ2n) is 9.01. The van der Waals surface area contributed by atoms with Crippen LogP contribution in [0.5, 0.6) is 5.75 Å². The number of hydrogen-bond donors (Lipinski definition) is 4. The summed E-state index contributed by atoms with van der Waals surface area (Å²) in [4.78, 5) is 25.5. The van der Waals surface area contributed by atoms with E-state index in [1.54, 1.807) is 12.1 Å². The van der Waals surface area contributed by atoms with Crippen LogP contribution >= 0.6 is 0 Å². The number of aromatic hydroxyl groups is 1. The number of aromatic amines is 1. The second kappa shape index (κ2) is 9.63. The number of alkyl carbamates (subject to hydrolysis) is 1. The van der Waals surface area contributed by atoms with Crippen LogP contribution in [-0.2, 0) is 9.53 Å². The number of anilines is 1. The van der Waals surface area contributed by atoms with Gasteiger partial charge in [-0.25, -0.2) is 4.79 Å². The highest BCUT2D eigenvalue weighted by Gasteiger charge is 2.33. The number of nitrogens with zero attached hydrogens (tertiary/aromatic N) is 1. The molecular formula is C24H32N4O4. The molecule has 0 aliphatic heterocycles. The highest BCUT2D eigenvalue weighted by molar-refractivity contribution is 5.97. The van der Waals surface area contributed by atoms with Gasteiger partial charge >= 0.3 is 6.09 Å². The molecule has 8 heteroatoms. The Hall–Kier alpha value is -3.03. The molecule has 2 aromatic rings. The fraction of sp³-hybridized carbons (Fsp3) is 0.542. The number of phenolic OH excluding ortho intramolecular Hbond substituents is 1. The van der Waals surface area contributed by atoms with Crippen LogP contribution in [-0.4, -0.2) is 39.5 Å². The van der Waals surface area contributed by atoms with Crippen molar-refractivity contribution in [3.63, 3.8) is 0 Å². The molecule has 1 aromatic heterocycles. The molecule has 172 valence electrons. The number of aromatic nitrogens is 2. The van der Waals surface area contributed by atoms with Gasteiger partial charge in [-0.15, -0.1) is 0 Å². The third kappa shape index (κ3) is 5.23. The maximum Gasteiger partial charge on any atom is 0.408 e. The Morgan fingerprint density at radius 3 is 2.44 bits per heavy atom. The number of carbonyl (C=O) groups is 2.